The maximum absolute atomic E-state index is 13.7. The molecule has 0 unspecified atom stereocenters. The van der Waals surface area contributed by atoms with E-state index in [1.165, 1.54) is 18.0 Å². The Bertz CT molecular complexity index is 1120. The predicted molar refractivity (Wildman–Crippen MR) is 107 cm³/mol. The van der Waals surface area contributed by atoms with E-state index in [9.17, 15) is 22.8 Å². The Balaban J connectivity index is 1.62. The highest BCUT2D eigenvalue weighted by atomic mass is 32.2. The molecule has 2 N–H and O–H groups in total. The zero-order chi connectivity index (χ0) is 22.5. The van der Waals surface area contributed by atoms with Crippen molar-refractivity contribution in [2.75, 3.05) is 11.9 Å². The Morgan fingerprint density at radius 1 is 1.13 bits per heavy atom. The lowest BCUT2D eigenvalue weighted by Gasteiger charge is -2.10. The van der Waals surface area contributed by atoms with Gasteiger partial charge in [-0.25, -0.2) is 18.2 Å². The maximum Gasteiger partial charge on any atom is 0.254 e. The van der Waals surface area contributed by atoms with Gasteiger partial charge in [0.25, 0.3) is 5.91 Å². The maximum atomic E-state index is 13.7. The fourth-order valence-electron chi connectivity index (χ4n) is 2.60. The predicted octanol–water partition coefficient (Wildman–Crippen LogP) is 3.76. The number of carbonyl (C=O) groups excluding carboxylic acids is 2. The second kappa shape index (κ2) is 9.65. The van der Waals surface area contributed by atoms with Crippen LogP contribution in [-0.4, -0.2) is 28.5 Å². The van der Waals surface area contributed by atoms with Gasteiger partial charge < -0.3 is 15.2 Å². The van der Waals surface area contributed by atoms with Gasteiger partial charge in [0.1, 0.15) is 10.8 Å². The molecule has 0 radical (unpaired) electrons. The Labute approximate surface area is 179 Å². The van der Waals surface area contributed by atoms with Crippen LogP contribution < -0.4 is 10.6 Å². The van der Waals surface area contributed by atoms with Crippen LogP contribution in [0.15, 0.2) is 40.0 Å². The molecule has 0 spiro atoms. The van der Waals surface area contributed by atoms with Gasteiger partial charge in [-0.15, -0.1) is 11.8 Å². The van der Waals surface area contributed by atoms with E-state index in [-0.39, 0.29) is 5.56 Å². The Morgan fingerprint density at radius 3 is 2.61 bits per heavy atom. The lowest BCUT2D eigenvalue weighted by molar-refractivity contribution is -0.115. The molecule has 11 heteroatoms. The zero-order valence-electron chi connectivity index (χ0n) is 16.5. The molecule has 0 bridgehead atoms. The average molecular weight is 450 g/mol. The smallest absolute Gasteiger partial charge is 0.254 e. The van der Waals surface area contributed by atoms with Gasteiger partial charge in [0, 0.05) is 17.5 Å². The van der Waals surface area contributed by atoms with Crippen molar-refractivity contribution in [1.29, 1.82) is 0 Å². The number of pyridine rings is 1. The minimum Gasteiger partial charge on any atom is -0.361 e. The quantitative estimate of drug-likeness (QED) is 0.420. The molecule has 2 heterocycles. The number of anilines is 1. The van der Waals surface area contributed by atoms with Crippen LogP contribution in [0.4, 0.5) is 18.9 Å². The van der Waals surface area contributed by atoms with E-state index in [0.717, 1.165) is 17.3 Å². The van der Waals surface area contributed by atoms with Crippen molar-refractivity contribution in [3.8, 4) is 0 Å². The molecule has 0 aliphatic carbocycles. The number of carbonyl (C=O) groups is 2. The lowest BCUT2D eigenvalue weighted by Crippen LogP contribution is -2.33. The molecule has 7 nitrogen and oxygen atoms in total. The molecule has 1 aromatic carbocycles. The van der Waals surface area contributed by atoms with E-state index in [2.05, 4.69) is 20.8 Å². The molecule has 31 heavy (non-hydrogen) atoms. The fourth-order valence-corrected chi connectivity index (χ4v) is 3.74. The summed E-state index contributed by atoms with van der Waals surface area (Å²) in [7, 11) is 0. The highest BCUT2D eigenvalue weighted by Crippen LogP contribution is 2.27. The molecular weight excluding hydrogens is 433 g/mol. The van der Waals surface area contributed by atoms with Crippen molar-refractivity contribution in [1.82, 2.24) is 15.5 Å². The Kier molecular flexibility index (Phi) is 6.95. The SMILES string of the molecule is Cc1noc(C)c1CSc1ncccc1C(=O)NCC(=O)Nc1ccc(F)c(F)c1F. The molecule has 2 aromatic heterocycles. The highest BCUT2D eigenvalue weighted by molar-refractivity contribution is 7.98. The van der Waals surface area contributed by atoms with Gasteiger partial charge in [0.15, 0.2) is 17.5 Å². The van der Waals surface area contributed by atoms with E-state index in [0.29, 0.717) is 22.6 Å². The van der Waals surface area contributed by atoms with Crippen molar-refractivity contribution < 1.29 is 27.3 Å². The summed E-state index contributed by atoms with van der Waals surface area (Å²) < 4.78 is 45.0. The number of hydrogen-bond acceptors (Lipinski definition) is 6. The third kappa shape index (κ3) is 5.23. The van der Waals surface area contributed by atoms with Crippen LogP contribution in [0.3, 0.4) is 0 Å². The topological polar surface area (TPSA) is 97.1 Å². The minimum absolute atomic E-state index is 0.242. The number of amides is 2. The molecule has 162 valence electrons. The van der Waals surface area contributed by atoms with Crippen molar-refractivity contribution in [3.05, 3.63) is 70.5 Å². The van der Waals surface area contributed by atoms with E-state index < -0.39 is 41.5 Å². The number of nitrogens with zero attached hydrogens (tertiary/aromatic N) is 2. The first-order valence-corrected chi connectivity index (χ1v) is 9.97. The first kappa shape index (κ1) is 22.3. The number of halogens is 3. The standard InChI is InChI=1S/C20H17F3N4O3S/c1-10-13(11(2)30-27-10)9-31-20-12(4-3-7-24-20)19(29)25-8-16(28)26-15-6-5-14(21)17(22)18(15)23/h3-7H,8-9H2,1-2H3,(H,25,29)(H,26,28). The van der Waals surface area contributed by atoms with Gasteiger partial charge >= 0.3 is 0 Å². The summed E-state index contributed by atoms with van der Waals surface area (Å²) in [4.78, 5) is 28.7. The normalized spacial score (nSPS) is 10.7. The second-order valence-corrected chi connectivity index (χ2v) is 7.37. The number of thioether (sulfide) groups is 1. The molecule has 3 aromatic rings. The first-order chi connectivity index (χ1) is 14.8. The van der Waals surface area contributed by atoms with Gasteiger partial charge in [-0.1, -0.05) is 5.16 Å². The monoisotopic (exact) mass is 450 g/mol. The third-order valence-electron chi connectivity index (χ3n) is 4.27. The van der Waals surface area contributed by atoms with Crippen molar-refractivity contribution in [2.24, 2.45) is 0 Å². The molecule has 0 atom stereocenters. The van der Waals surface area contributed by atoms with Crippen LogP contribution in [-0.2, 0) is 10.5 Å². The fraction of sp³-hybridized carbons (Fsp3) is 0.200. The number of nitrogens with one attached hydrogen (secondary N) is 2. The van der Waals surface area contributed by atoms with E-state index in [4.69, 9.17) is 4.52 Å². The molecule has 3 rings (SSSR count). The van der Waals surface area contributed by atoms with Gasteiger partial charge in [0.05, 0.1) is 23.5 Å². The Morgan fingerprint density at radius 2 is 1.90 bits per heavy atom. The highest BCUT2D eigenvalue weighted by Gasteiger charge is 2.18. The van der Waals surface area contributed by atoms with Crippen LogP contribution in [0, 0.1) is 31.3 Å². The summed E-state index contributed by atoms with van der Waals surface area (Å²) in [5.41, 5.74) is 1.35. The lowest BCUT2D eigenvalue weighted by atomic mass is 10.2. The largest absolute Gasteiger partial charge is 0.361 e. The van der Waals surface area contributed by atoms with Crippen LogP contribution in [0.5, 0.6) is 0 Å². The van der Waals surface area contributed by atoms with Crippen LogP contribution in [0.2, 0.25) is 0 Å². The van der Waals surface area contributed by atoms with Gasteiger partial charge in [0.2, 0.25) is 5.91 Å². The van der Waals surface area contributed by atoms with E-state index in [1.807, 2.05) is 6.92 Å². The van der Waals surface area contributed by atoms with Crippen molar-refractivity contribution in [3.63, 3.8) is 0 Å². The molecule has 0 fully saturated rings. The summed E-state index contributed by atoms with van der Waals surface area (Å²) in [6.07, 6.45) is 1.53. The van der Waals surface area contributed by atoms with Gasteiger partial charge in [-0.2, -0.15) is 0 Å². The molecule has 0 saturated carbocycles. The zero-order valence-corrected chi connectivity index (χ0v) is 17.3. The number of aromatic nitrogens is 2. The summed E-state index contributed by atoms with van der Waals surface area (Å²) in [5.74, 6) is -4.83. The molecule has 0 saturated heterocycles. The average Bonchev–Trinajstić information content (AvgIpc) is 3.08. The molecular formula is C20H17F3N4O3S. The number of aryl methyl sites for hydroxylation is 2. The number of rotatable bonds is 7. The van der Waals surface area contributed by atoms with Gasteiger partial charge in [-0.05, 0) is 38.1 Å². The van der Waals surface area contributed by atoms with Crippen molar-refractivity contribution >= 4 is 29.3 Å². The van der Waals surface area contributed by atoms with E-state index in [1.54, 1.807) is 19.1 Å². The molecule has 0 aliphatic heterocycles. The third-order valence-corrected chi connectivity index (χ3v) is 5.30. The molecule has 2 amide bonds. The second-order valence-electron chi connectivity index (χ2n) is 6.40. The van der Waals surface area contributed by atoms with Gasteiger partial charge in [-0.3, -0.25) is 9.59 Å². The summed E-state index contributed by atoms with van der Waals surface area (Å²) in [5, 5.41) is 8.80. The summed E-state index contributed by atoms with van der Waals surface area (Å²) in [6, 6.07) is 4.69. The summed E-state index contributed by atoms with van der Waals surface area (Å²) in [6.45, 7) is 3.09. The van der Waals surface area contributed by atoms with Crippen LogP contribution >= 0.6 is 11.8 Å². The minimum atomic E-state index is -1.70. The number of hydrogen-bond donors (Lipinski definition) is 2. The first-order valence-electron chi connectivity index (χ1n) is 8.99. The summed E-state index contributed by atoms with van der Waals surface area (Å²) >= 11 is 1.30. The van der Waals surface area contributed by atoms with E-state index >= 15 is 0 Å². The molecule has 0 aliphatic rings. The van der Waals surface area contributed by atoms with Crippen LogP contribution in [0.1, 0.15) is 27.4 Å². The van der Waals surface area contributed by atoms with Crippen LogP contribution in [0.25, 0.3) is 0 Å². The Hall–Kier alpha value is -3.34. The van der Waals surface area contributed by atoms with Crippen molar-refractivity contribution in [2.45, 2.75) is 24.6 Å². The number of benzene rings is 1.